The lowest BCUT2D eigenvalue weighted by atomic mass is 10.1. The van der Waals surface area contributed by atoms with E-state index in [0.717, 1.165) is 19.4 Å². The van der Waals surface area contributed by atoms with Crippen LogP contribution in [0.4, 0.5) is 27.6 Å². The zero-order valence-electron chi connectivity index (χ0n) is 10.9. The first-order chi connectivity index (χ1) is 10.3. The average molecular weight is 318 g/mol. The molecule has 22 heavy (non-hydrogen) atoms. The van der Waals surface area contributed by atoms with Crippen molar-refractivity contribution in [1.82, 2.24) is 4.98 Å². The molecule has 0 saturated carbocycles. The van der Waals surface area contributed by atoms with Crippen molar-refractivity contribution in [1.29, 1.82) is 0 Å². The number of anilines is 1. The Kier molecular flexibility index (Phi) is 3.98. The number of nitrogens with zero attached hydrogens (tertiary/aromatic N) is 1. The number of nitrogen functional groups attached to an aromatic ring is 1. The quantitative estimate of drug-likeness (QED) is 0.400. The normalized spacial score (nSPS) is 10.6. The molecule has 9 heteroatoms. The summed E-state index contributed by atoms with van der Waals surface area (Å²) in [6.07, 6.45) is 0.843. The van der Waals surface area contributed by atoms with E-state index in [0.29, 0.717) is 0 Å². The highest BCUT2D eigenvalue weighted by molar-refractivity contribution is 5.91. The highest BCUT2D eigenvalue weighted by atomic mass is 19.2. The van der Waals surface area contributed by atoms with E-state index in [1.807, 2.05) is 0 Å². The summed E-state index contributed by atoms with van der Waals surface area (Å²) in [6.45, 7) is 0. The first-order valence-electron chi connectivity index (χ1n) is 5.65. The van der Waals surface area contributed by atoms with Crippen LogP contribution in [0.3, 0.4) is 0 Å². The number of methoxy groups -OCH3 is 1. The van der Waals surface area contributed by atoms with Crippen LogP contribution in [0.2, 0.25) is 0 Å². The zero-order valence-corrected chi connectivity index (χ0v) is 10.9. The topological polar surface area (TPSA) is 65.2 Å². The molecule has 4 nitrogen and oxygen atoms in total. The highest BCUT2D eigenvalue weighted by Gasteiger charge is 2.28. The van der Waals surface area contributed by atoms with Crippen LogP contribution in [0.15, 0.2) is 12.3 Å². The van der Waals surface area contributed by atoms with Crippen LogP contribution in [-0.4, -0.2) is 18.1 Å². The van der Waals surface area contributed by atoms with Gasteiger partial charge in [-0.3, -0.25) is 4.98 Å². The molecule has 0 amide bonds. The van der Waals surface area contributed by atoms with Crippen molar-refractivity contribution in [3.8, 4) is 11.3 Å². The maximum Gasteiger partial charge on any atom is 0.339 e. The van der Waals surface area contributed by atoms with Gasteiger partial charge in [0, 0.05) is 6.20 Å². The van der Waals surface area contributed by atoms with Crippen molar-refractivity contribution < 1.29 is 31.5 Å². The molecular formula is C13H7F5N2O2. The Morgan fingerprint density at radius 2 is 1.55 bits per heavy atom. The fourth-order valence-electron chi connectivity index (χ4n) is 1.73. The summed E-state index contributed by atoms with van der Waals surface area (Å²) in [5, 5.41) is 0. The van der Waals surface area contributed by atoms with Gasteiger partial charge in [-0.15, -0.1) is 0 Å². The first kappa shape index (κ1) is 15.7. The molecule has 0 spiro atoms. The molecule has 1 aromatic heterocycles. The number of ether oxygens (including phenoxy) is 1. The largest absolute Gasteiger partial charge is 0.465 e. The summed E-state index contributed by atoms with van der Waals surface area (Å²) in [5.41, 5.74) is 2.93. The van der Waals surface area contributed by atoms with Gasteiger partial charge in [0.1, 0.15) is 0 Å². The molecule has 0 bridgehead atoms. The van der Waals surface area contributed by atoms with E-state index in [9.17, 15) is 26.7 Å². The Hall–Kier alpha value is -2.71. The maximum atomic E-state index is 13.7. The Morgan fingerprint density at radius 1 is 1.05 bits per heavy atom. The number of halogens is 5. The molecule has 0 aliphatic rings. The molecule has 2 N–H and O–H groups in total. The number of rotatable bonds is 2. The number of aromatic nitrogens is 1. The number of pyridine rings is 1. The molecule has 0 aliphatic carbocycles. The lowest BCUT2D eigenvalue weighted by Crippen LogP contribution is -2.08. The van der Waals surface area contributed by atoms with Crippen molar-refractivity contribution in [2.75, 3.05) is 12.8 Å². The zero-order chi connectivity index (χ0) is 16.6. The van der Waals surface area contributed by atoms with Gasteiger partial charge in [0.15, 0.2) is 23.3 Å². The van der Waals surface area contributed by atoms with Crippen molar-refractivity contribution in [3.05, 3.63) is 46.9 Å². The summed E-state index contributed by atoms with van der Waals surface area (Å²) in [4.78, 5) is 14.8. The van der Waals surface area contributed by atoms with Crippen molar-refractivity contribution in [3.63, 3.8) is 0 Å². The number of benzene rings is 1. The van der Waals surface area contributed by atoms with E-state index in [1.165, 1.54) is 0 Å². The predicted octanol–water partition coefficient (Wildman–Crippen LogP) is 2.81. The Bertz CT molecular complexity index is 751. The molecule has 0 radical (unpaired) electrons. The molecule has 0 aliphatic heterocycles. The fourth-order valence-corrected chi connectivity index (χ4v) is 1.73. The smallest absolute Gasteiger partial charge is 0.339 e. The lowest BCUT2D eigenvalue weighted by molar-refractivity contribution is 0.0600. The number of esters is 1. The number of carbonyl (C=O) groups excluding carboxylic acids is 1. The minimum Gasteiger partial charge on any atom is -0.465 e. The standard InChI is InChI=1S/C13H7F5N2O2/c1-22-13(21)4-2-5(19)12(20-3-4)6-7(14)9(16)11(18)10(17)8(6)15/h2-3H,19H2,1H3. The van der Waals surface area contributed by atoms with E-state index in [2.05, 4.69) is 9.72 Å². The molecule has 1 heterocycles. The van der Waals surface area contributed by atoms with Crippen molar-refractivity contribution in [2.24, 2.45) is 0 Å². The van der Waals surface area contributed by atoms with Crippen molar-refractivity contribution in [2.45, 2.75) is 0 Å². The lowest BCUT2D eigenvalue weighted by Gasteiger charge is -2.10. The summed E-state index contributed by atoms with van der Waals surface area (Å²) >= 11 is 0. The van der Waals surface area contributed by atoms with Gasteiger partial charge in [-0.05, 0) is 6.07 Å². The van der Waals surface area contributed by atoms with Gasteiger partial charge in [0.2, 0.25) is 5.82 Å². The first-order valence-corrected chi connectivity index (χ1v) is 5.65. The van der Waals surface area contributed by atoms with Gasteiger partial charge in [-0.1, -0.05) is 0 Å². The third-order valence-electron chi connectivity index (χ3n) is 2.78. The van der Waals surface area contributed by atoms with Crippen LogP contribution < -0.4 is 5.73 Å². The van der Waals surface area contributed by atoms with Gasteiger partial charge >= 0.3 is 5.97 Å². The average Bonchev–Trinajstić information content (AvgIpc) is 2.51. The molecular weight excluding hydrogens is 311 g/mol. The number of nitrogens with two attached hydrogens (primary N) is 1. The van der Waals surface area contributed by atoms with E-state index in [1.54, 1.807) is 0 Å². The summed E-state index contributed by atoms with van der Waals surface area (Å²) in [7, 11) is 1.08. The summed E-state index contributed by atoms with van der Waals surface area (Å²) < 4.78 is 71.1. The van der Waals surface area contributed by atoms with E-state index < -0.39 is 52.0 Å². The Morgan fingerprint density at radius 3 is 2.00 bits per heavy atom. The molecule has 0 atom stereocenters. The maximum absolute atomic E-state index is 13.7. The summed E-state index contributed by atoms with van der Waals surface area (Å²) in [6, 6.07) is 0.951. The van der Waals surface area contributed by atoms with Gasteiger partial charge in [-0.2, -0.15) is 0 Å². The molecule has 2 aromatic rings. The SMILES string of the molecule is COC(=O)c1cnc(-c2c(F)c(F)c(F)c(F)c2F)c(N)c1. The molecule has 0 saturated heterocycles. The van der Waals surface area contributed by atoms with Crippen LogP contribution in [-0.2, 0) is 4.74 Å². The number of carbonyl (C=O) groups is 1. The van der Waals surface area contributed by atoms with Gasteiger partial charge in [0.05, 0.1) is 29.6 Å². The predicted molar refractivity (Wildman–Crippen MR) is 65.2 cm³/mol. The highest BCUT2D eigenvalue weighted by Crippen LogP contribution is 2.33. The van der Waals surface area contributed by atoms with Gasteiger partial charge in [-0.25, -0.2) is 26.7 Å². The van der Waals surface area contributed by atoms with E-state index >= 15 is 0 Å². The second-order valence-corrected chi connectivity index (χ2v) is 4.10. The molecule has 1 aromatic carbocycles. The summed E-state index contributed by atoms with van der Waals surface area (Å²) in [5.74, 6) is -11.5. The van der Waals surface area contributed by atoms with Crippen LogP contribution in [0, 0.1) is 29.1 Å². The number of hydrogen-bond donors (Lipinski definition) is 1. The Labute approximate surface area is 120 Å². The van der Waals surface area contributed by atoms with Crippen LogP contribution in [0.25, 0.3) is 11.3 Å². The van der Waals surface area contributed by atoms with Gasteiger partial charge < -0.3 is 10.5 Å². The third kappa shape index (κ3) is 2.34. The molecule has 2 rings (SSSR count). The van der Waals surface area contributed by atoms with Crippen molar-refractivity contribution >= 4 is 11.7 Å². The molecule has 116 valence electrons. The third-order valence-corrected chi connectivity index (χ3v) is 2.78. The van der Waals surface area contributed by atoms with Crippen LogP contribution in [0.1, 0.15) is 10.4 Å². The molecule has 0 unspecified atom stereocenters. The fraction of sp³-hybridized carbons (Fsp3) is 0.0769. The van der Waals surface area contributed by atoms with Crippen LogP contribution in [0.5, 0.6) is 0 Å². The van der Waals surface area contributed by atoms with Crippen LogP contribution >= 0.6 is 0 Å². The monoisotopic (exact) mass is 318 g/mol. The van der Waals surface area contributed by atoms with E-state index in [4.69, 9.17) is 5.73 Å². The minimum atomic E-state index is -2.29. The van der Waals surface area contributed by atoms with E-state index in [-0.39, 0.29) is 5.56 Å². The second kappa shape index (κ2) is 5.58. The van der Waals surface area contributed by atoms with Gasteiger partial charge in [0.25, 0.3) is 0 Å². The molecule has 0 fully saturated rings. The minimum absolute atomic E-state index is 0.146. The Balaban J connectivity index is 2.70. The second-order valence-electron chi connectivity index (χ2n) is 4.10. The number of hydrogen-bond acceptors (Lipinski definition) is 4.